The summed E-state index contributed by atoms with van der Waals surface area (Å²) in [6.45, 7) is 0. The van der Waals surface area contributed by atoms with Gasteiger partial charge in [-0.25, -0.2) is 0 Å². The Morgan fingerprint density at radius 3 is 2.11 bits per heavy atom. The standard InChI is InChI=1S/C27H21F3N2O5S/c1-34-22-13-18(14-23(15-22)35-2)4-3-17-5-11-21(12-6-17)36-24(33)16-38-26-32-31-25(37-26)19-7-9-20(10-8-19)27(28,29)30/h3-15H,16H2,1-2H3/b4-3+. The predicted molar refractivity (Wildman–Crippen MR) is 136 cm³/mol. The van der Waals surface area contributed by atoms with Crippen molar-refractivity contribution in [3.05, 3.63) is 83.4 Å². The number of halogens is 3. The second-order valence-electron chi connectivity index (χ2n) is 7.76. The van der Waals surface area contributed by atoms with Gasteiger partial charge in [0.1, 0.15) is 23.0 Å². The number of ether oxygens (including phenoxy) is 3. The van der Waals surface area contributed by atoms with Crippen molar-refractivity contribution in [2.75, 3.05) is 20.0 Å². The van der Waals surface area contributed by atoms with E-state index in [0.717, 1.165) is 35.0 Å². The van der Waals surface area contributed by atoms with Crippen LogP contribution in [0.25, 0.3) is 23.6 Å². The molecule has 0 spiro atoms. The van der Waals surface area contributed by atoms with E-state index in [-0.39, 0.29) is 16.9 Å². The van der Waals surface area contributed by atoms with Gasteiger partial charge in [0.2, 0.25) is 5.89 Å². The minimum atomic E-state index is -4.43. The number of carbonyl (C=O) groups is 1. The van der Waals surface area contributed by atoms with E-state index >= 15 is 0 Å². The maximum Gasteiger partial charge on any atom is 0.416 e. The Morgan fingerprint density at radius 2 is 1.50 bits per heavy atom. The molecule has 0 N–H and O–H groups in total. The quantitative estimate of drug-likeness (QED) is 0.101. The van der Waals surface area contributed by atoms with E-state index in [4.69, 9.17) is 18.6 Å². The van der Waals surface area contributed by atoms with Gasteiger partial charge in [0.05, 0.1) is 19.8 Å². The van der Waals surface area contributed by atoms with Gasteiger partial charge in [0.25, 0.3) is 5.22 Å². The molecule has 38 heavy (non-hydrogen) atoms. The highest BCUT2D eigenvalue weighted by Crippen LogP contribution is 2.31. The number of rotatable bonds is 9. The number of methoxy groups -OCH3 is 2. The Hall–Kier alpha value is -4.25. The smallest absolute Gasteiger partial charge is 0.416 e. The average molecular weight is 543 g/mol. The van der Waals surface area contributed by atoms with Gasteiger partial charge in [-0.1, -0.05) is 36.0 Å². The molecular weight excluding hydrogens is 521 g/mol. The van der Waals surface area contributed by atoms with E-state index in [1.807, 2.05) is 24.3 Å². The average Bonchev–Trinajstić information content (AvgIpc) is 3.40. The molecular formula is C27H21F3N2O5S. The maximum absolute atomic E-state index is 12.7. The molecule has 0 saturated carbocycles. The highest BCUT2D eigenvalue weighted by molar-refractivity contribution is 7.99. The second-order valence-corrected chi connectivity index (χ2v) is 8.69. The summed E-state index contributed by atoms with van der Waals surface area (Å²) in [5.41, 5.74) is 1.35. The highest BCUT2D eigenvalue weighted by Gasteiger charge is 2.30. The number of esters is 1. The molecule has 0 fully saturated rings. The van der Waals surface area contributed by atoms with E-state index in [9.17, 15) is 18.0 Å². The minimum absolute atomic E-state index is 0.0469. The summed E-state index contributed by atoms with van der Waals surface area (Å²) in [6.07, 6.45) is -0.622. The van der Waals surface area contributed by atoms with Crippen LogP contribution in [0, 0.1) is 0 Å². The summed E-state index contributed by atoms with van der Waals surface area (Å²) >= 11 is 0.959. The molecule has 0 aliphatic carbocycles. The SMILES string of the molecule is COc1cc(/C=C/c2ccc(OC(=O)CSc3nnc(-c4ccc(C(F)(F)F)cc4)o3)cc2)cc(OC)c1. The molecule has 0 saturated heterocycles. The fourth-order valence-electron chi connectivity index (χ4n) is 3.23. The molecule has 3 aromatic carbocycles. The molecule has 0 atom stereocenters. The lowest BCUT2D eigenvalue weighted by molar-refractivity contribution is -0.137. The van der Waals surface area contributed by atoms with Gasteiger partial charge in [-0.05, 0) is 59.7 Å². The fourth-order valence-corrected chi connectivity index (χ4v) is 3.77. The molecule has 0 radical (unpaired) electrons. The zero-order chi connectivity index (χ0) is 27.1. The fraction of sp³-hybridized carbons (Fsp3) is 0.148. The van der Waals surface area contributed by atoms with Crippen LogP contribution in [0.1, 0.15) is 16.7 Å². The molecule has 7 nitrogen and oxygen atoms in total. The largest absolute Gasteiger partial charge is 0.497 e. The van der Waals surface area contributed by atoms with E-state index in [0.29, 0.717) is 22.8 Å². The first-order valence-corrected chi connectivity index (χ1v) is 12.1. The van der Waals surface area contributed by atoms with Crippen LogP contribution in [0.2, 0.25) is 0 Å². The molecule has 0 bridgehead atoms. The number of hydrogen-bond acceptors (Lipinski definition) is 8. The lowest BCUT2D eigenvalue weighted by Gasteiger charge is -2.06. The first-order chi connectivity index (χ1) is 18.2. The third-order valence-electron chi connectivity index (χ3n) is 5.13. The van der Waals surface area contributed by atoms with Gasteiger partial charge in [-0.2, -0.15) is 13.2 Å². The Morgan fingerprint density at radius 1 is 0.868 bits per heavy atom. The van der Waals surface area contributed by atoms with Crippen molar-refractivity contribution in [1.29, 1.82) is 0 Å². The molecule has 0 unspecified atom stereocenters. The molecule has 4 aromatic rings. The number of thioether (sulfide) groups is 1. The minimum Gasteiger partial charge on any atom is -0.497 e. The van der Waals surface area contributed by atoms with Crippen molar-refractivity contribution in [2.24, 2.45) is 0 Å². The third kappa shape index (κ3) is 7.16. The van der Waals surface area contributed by atoms with Crippen molar-refractivity contribution in [2.45, 2.75) is 11.4 Å². The van der Waals surface area contributed by atoms with Crippen molar-refractivity contribution >= 4 is 29.9 Å². The van der Waals surface area contributed by atoms with E-state index in [1.54, 1.807) is 44.6 Å². The van der Waals surface area contributed by atoms with Crippen LogP contribution in [0.4, 0.5) is 13.2 Å². The van der Waals surface area contributed by atoms with Crippen LogP contribution >= 0.6 is 11.8 Å². The number of carbonyl (C=O) groups excluding carboxylic acids is 1. The molecule has 0 aliphatic rings. The van der Waals surface area contributed by atoms with Crippen molar-refractivity contribution < 1.29 is 36.6 Å². The summed E-state index contributed by atoms with van der Waals surface area (Å²) in [5, 5.41) is 7.72. The zero-order valence-electron chi connectivity index (χ0n) is 20.2. The van der Waals surface area contributed by atoms with Gasteiger partial charge in [-0.3, -0.25) is 4.79 Å². The zero-order valence-corrected chi connectivity index (χ0v) is 21.0. The Kier molecular flexibility index (Phi) is 8.37. The summed E-state index contributed by atoms with van der Waals surface area (Å²) in [4.78, 5) is 12.2. The monoisotopic (exact) mass is 542 g/mol. The number of nitrogens with zero attached hydrogens (tertiary/aromatic N) is 2. The highest BCUT2D eigenvalue weighted by atomic mass is 32.2. The summed E-state index contributed by atoms with van der Waals surface area (Å²) in [6, 6.07) is 16.8. The van der Waals surface area contributed by atoms with E-state index < -0.39 is 17.7 Å². The van der Waals surface area contributed by atoms with Crippen molar-refractivity contribution in [1.82, 2.24) is 10.2 Å². The molecule has 11 heteroatoms. The molecule has 0 aliphatic heterocycles. The number of alkyl halides is 3. The maximum atomic E-state index is 12.7. The molecule has 196 valence electrons. The van der Waals surface area contributed by atoms with Crippen LogP contribution in [-0.2, 0) is 11.0 Å². The first-order valence-electron chi connectivity index (χ1n) is 11.1. The number of hydrogen-bond donors (Lipinski definition) is 0. The Labute approximate surface area is 220 Å². The van der Waals surface area contributed by atoms with E-state index in [2.05, 4.69) is 10.2 Å². The van der Waals surface area contributed by atoms with Gasteiger partial charge in [-0.15, -0.1) is 10.2 Å². The van der Waals surface area contributed by atoms with Crippen LogP contribution in [0.5, 0.6) is 17.2 Å². The lowest BCUT2D eigenvalue weighted by atomic mass is 10.1. The Bertz CT molecular complexity index is 1400. The summed E-state index contributed by atoms with van der Waals surface area (Å²) < 4.78 is 59.5. The van der Waals surface area contributed by atoms with Crippen molar-refractivity contribution in [3.8, 4) is 28.7 Å². The normalized spacial score (nSPS) is 11.5. The first kappa shape index (κ1) is 26.8. The summed E-state index contributed by atoms with van der Waals surface area (Å²) in [5.74, 6) is 1.14. The van der Waals surface area contributed by atoms with Gasteiger partial charge >= 0.3 is 12.1 Å². The van der Waals surface area contributed by atoms with Crippen LogP contribution in [0.3, 0.4) is 0 Å². The summed E-state index contributed by atoms with van der Waals surface area (Å²) in [7, 11) is 3.17. The van der Waals surface area contributed by atoms with Crippen LogP contribution in [0.15, 0.2) is 76.4 Å². The second kappa shape index (κ2) is 11.9. The molecule has 4 rings (SSSR count). The number of aromatic nitrogens is 2. The third-order valence-corrected chi connectivity index (χ3v) is 5.92. The van der Waals surface area contributed by atoms with Gasteiger partial charge in [0, 0.05) is 11.6 Å². The Balaban J connectivity index is 1.29. The molecule has 1 heterocycles. The number of benzene rings is 3. The van der Waals surface area contributed by atoms with Gasteiger partial charge < -0.3 is 18.6 Å². The van der Waals surface area contributed by atoms with Crippen molar-refractivity contribution in [3.63, 3.8) is 0 Å². The topological polar surface area (TPSA) is 83.7 Å². The predicted octanol–water partition coefficient (Wildman–Crippen LogP) is 6.64. The lowest BCUT2D eigenvalue weighted by Crippen LogP contribution is -2.10. The van der Waals surface area contributed by atoms with Gasteiger partial charge in [0.15, 0.2) is 0 Å². The molecule has 1 aromatic heterocycles. The van der Waals surface area contributed by atoms with Crippen LogP contribution < -0.4 is 14.2 Å². The molecule has 0 amide bonds. The van der Waals surface area contributed by atoms with E-state index in [1.165, 1.54) is 12.1 Å². The van der Waals surface area contributed by atoms with Crippen LogP contribution in [-0.4, -0.2) is 36.1 Å².